The summed E-state index contributed by atoms with van der Waals surface area (Å²) in [5.74, 6) is 0.493. The molecule has 0 aromatic rings. The minimum Gasteiger partial charge on any atom is -0.449 e. The summed E-state index contributed by atoms with van der Waals surface area (Å²) < 4.78 is 10.4. The summed E-state index contributed by atoms with van der Waals surface area (Å²) in [6.07, 6.45) is 2.62. The van der Waals surface area contributed by atoms with Gasteiger partial charge in [-0.2, -0.15) is 0 Å². The van der Waals surface area contributed by atoms with Gasteiger partial charge in [0.05, 0.1) is 13.2 Å². The molecule has 5 nitrogen and oxygen atoms in total. The van der Waals surface area contributed by atoms with E-state index in [1.807, 2.05) is 27.7 Å². The average Bonchev–Trinajstić information content (AvgIpc) is 2.87. The fourth-order valence-electron chi connectivity index (χ4n) is 2.15. The second-order valence-corrected chi connectivity index (χ2v) is 6.25. The second kappa shape index (κ2) is 8.12. The largest absolute Gasteiger partial charge is 0.449 e. The lowest BCUT2D eigenvalue weighted by molar-refractivity contribution is 0.0541. The molecule has 1 fully saturated rings. The van der Waals surface area contributed by atoms with E-state index >= 15 is 0 Å². The van der Waals surface area contributed by atoms with Crippen LogP contribution in [0.2, 0.25) is 0 Å². The molecule has 0 aliphatic heterocycles. The van der Waals surface area contributed by atoms with Crippen LogP contribution in [0.3, 0.4) is 0 Å². The van der Waals surface area contributed by atoms with Gasteiger partial charge in [-0.1, -0.05) is 40.5 Å². The normalized spacial score (nSPS) is 15.7. The van der Waals surface area contributed by atoms with E-state index in [-0.39, 0.29) is 17.9 Å². The van der Waals surface area contributed by atoms with Crippen LogP contribution in [-0.2, 0) is 9.47 Å². The highest BCUT2D eigenvalue weighted by Gasteiger charge is 2.34. The van der Waals surface area contributed by atoms with Crippen molar-refractivity contribution in [2.24, 2.45) is 11.8 Å². The maximum atomic E-state index is 12.1. The van der Waals surface area contributed by atoms with Crippen molar-refractivity contribution in [2.45, 2.75) is 59.4 Å². The van der Waals surface area contributed by atoms with Crippen LogP contribution in [0.25, 0.3) is 0 Å². The Kier molecular flexibility index (Phi) is 6.82. The van der Waals surface area contributed by atoms with Crippen LogP contribution in [0.1, 0.15) is 53.4 Å². The number of carbonyl (C=O) groups is 2. The van der Waals surface area contributed by atoms with Gasteiger partial charge in [-0.05, 0) is 24.7 Å². The van der Waals surface area contributed by atoms with Gasteiger partial charge in [0.1, 0.15) is 0 Å². The molecular weight excluding hydrogens is 258 g/mol. The van der Waals surface area contributed by atoms with Crippen LogP contribution in [0, 0.1) is 11.8 Å². The van der Waals surface area contributed by atoms with Crippen molar-refractivity contribution in [3.8, 4) is 0 Å². The lowest BCUT2D eigenvalue weighted by Gasteiger charge is -2.26. The zero-order valence-electron chi connectivity index (χ0n) is 13.1. The third-order valence-electron chi connectivity index (χ3n) is 3.16. The standard InChI is InChI=1S/C15H27NO4/c1-11(2)9-19-14(17)16(13-7-5-6-8-13)15(18)20-10-12(3)4/h11-13H,5-10H2,1-4H3. The van der Waals surface area contributed by atoms with Gasteiger partial charge in [-0.15, -0.1) is 0 Å². The summed E-state index contributed by atoms with van der Waals surface area (Å²) in [6.45, 7) is 8.49. The summed E-state index contributed by atoms with van der Waals surface area (Å²) in [5, 5.41) is 0. The first-order chi connectivity index (χ1) is 9.41. The van der Waals surface area contributed by atoms with E-state index in [0.717, 1.165) is 25.7 Å². The van der Waals surface area contributed by atoms with E-state index < -0.39 is 12.2 Å². The van der Waals surface area contributed by atoms with Crippen molar-refractivity contribution in [3.63, 3.8) is 0 Å². The summed E-state index contributed by atoms with van der Waals surface area (Å²) in [4.78, 5) is 25.4. The zero-order chi connectivity index (χ0) is 15.1. The summed E-state index contributed by atoms with van der Waals surface area (Å²) >= 11 is 0. The monoisotopic (exact) mass is 285 g/mol. The lowest BCUT2D eigenvalue weighted by atomic mass is 10.2. The van der Waals surface area contributed by atoms with Gasteiger partial charge in [0.2, 0.25) is 0 Å². The third kappa shape index (κ3) is 5.39. The Balaban J connectivity index is 2.63. The minimum absolute atomic E-state index is 0.0747. The van der Waals surface area contributed by atoms with Crippen molar-refractivity contribution in [3.05, 3.63) is 0 Å². The molecule has 1 saturated carbocycles. The number of imide groups is 1. The summed E-state index contributed by atoms with van der Waals surface area (Å²) in [5.41, 5.74) is 0. The number of nitrogens with zero attached hydrogens (tertiary/aromatic N) is 1. The van der Waals surface area contributed by atoms with Gasteiger partial charge < -0.3 is 9.47 Å². The Labute approximate surface area is 121 Å². The molecule has 1 aliphatic carbocycles. The molecule has 0 aromatic heterocycles. The van der Waals surface area contributed by atoms with Crippen LogP contribution < -0.4 is 0 Å². The van der Waals surface area contributed by atoms with Crippen molar-refractivity contribution in [1.82, 2.24) is 4.90 Å². The van der Waals surface area contributed by atoms with Crippen LogP contribution in [0.5, 0.6) is 0 Å². The van der Waals surface area contributed by atoms with E-state index in [0.29, 0.717) is 13.2 Å². The first kappa shape index (κ1) is 16.8. The van der Waals surface area contributed by atoms with Gasteiger partial charge in [-0.25, -0.2) is 14.5 Å². The van der Waals surface area contributed by atoms with Crippen molar-refractivity contribution >= 4 is 12.2 Å². The summed E-state index contributed by atoms with van der Waals surface area (Å²) in [7, 11) is 0. The molecule has 0 unspecified atom stereocenters. The highest BCUT2D eigenvalue weighted by molar-refractivity contribution is 5.88. The summed E-state index contributed by atoms with van der Waals surface area (Å²) in [6, 6.07) is -0.0747. The number of hydrogen-bond acceptors (Lipinski definition) is 4. The van der Waals surface area contributed by atoms with Gasteiger partial charge in [0.25, 0.3) is 0 Å². The molecule has 0 atom stereocenters. The fraction of sp³-hybridized carbons (Fsp3) is 0.867. The quantitative estimate of drug-likeness (QED) is 0.770. The molecule has 5 heteroatoms. The van der Waals surface area contributed by atoms with Gasteiger partial charge in [0.15, 0.2) is 0 Å². The first-order valence-electron chi connectivity index (χ1n) is 7.54. The SMILES string of the molecule is CC(C)COC(=O)N(C(=O)OCC(C)C)C1CCCC1. The number of carbonyl (C=O) groups excluding carboxylic acids is 2. The van der Waals surface area contributed by atoms with Crippen LogP contribution in [0.4, 0.5) is 9.59 Å². The molecular formula is C15H27NO4. The third-order valence-corrected chi connectivity index (χ3v) is 3.16. The molecule has 0 aromatic carbocycles. The van der Waals surface area contributed by atoms with Crippen molar-refractivity contribution < 1.29 is 19.1 Å². The molecule has 20 heavy (non-hydrogen) atoms. The molecule has 0 N–H and O–H groups in total. The van der Waals surface area contributed by atoms with Crippen molar-refractivity contribution in [1.29, 1.82) is 0 Å². The number of hydrogen-bond donors (Lipinski definition) is 0. The fourth-order valence-corrected chi connectivity index (χ4v) is 2.15. The Morgan fingerprint density at radius 1 is 0.950 bits per heavy atom. The van der Waals surface area contributed by atoms with Crippen LogP contribution >= 0.6 is 0 Å². The van der Waals surface area contributed by atoms with E-state index in [9.17, 15) is 9.59 Å². The van der Waals surface area contributed by atoms with Crippen molar-refractivity contribution in [2.75, 3.05) is 13.2 Å². The van der Waals surface area contributed by atoms with Gasteiger partial charge in [0, 0.05) is 6.04 Å². The Hall–Kier alpha value is -1.26. The zero-order valence-corrected chi connectivity index (χ0v) is 13.1. The topological polar surface area (TPSA) is 55.8 Å². The molecule has 1 aliphatic rings. The Morgan fingerprint density at radius 2 is 1.35 bits per heavy atom. The molecule has 0 heterocycles. The molecule has 0 spiro atoms. The molecule has 0 saturated heterocycles. The van der Waals surface area contributed by atoms with Crippen LogP contribution in [-0.4, -0.2) is 36.3 Å². The smallest absolute Gasteiger partial charge is 0.419 e. The van der Waals surface area contributed by atoms with Gasteiger partial charge in [-0.3, -0.25) is 0 Å². The maximum Gasteiger partial charge on any atom is 0.419 e. The van der Waals surface area contributed by atoms with E-state index in [1.54, 1.807) is 0 Å². The predicted molar refractivity (Wildman–Crippen MR) is 76.5 cm³/mol. The van der Waals surface area contributed by atoms with Crippen LogP contribution in [0.15, 0.2) is 0 Å². The number of ether oxygens (including phenoxy) is 2. The predicted octanol–water partition coefficient (Wildman–Crippen LogP) is 3.82. The molecule has 0 bridgehead atoms. The van der Waals surface area contributed by atoms with Gasteiger partial charge >= 0.3 is 12.2 Å². The van der Waals surface area contributed by atoms with E-state index in [1.165, 1.54) is 4.90 Å². The van der Waals surface area contributed by atoms with E-state index in [2.05, 4.69) is 0 Å². The average molecular weight is 285 g/mol. The van der Waals surface area contributed by atoms with E-state index in [4.69, 9.17) is 9.47 Å². The minimum atomic E-state index is -0.570. The first-order valence-corrected chi connectivity index (χ1v) is 7.54. The Morgan fingerprint density at radius 3 is 1.70 bits per heavy atom. The molecule has 0 radical (unpaired) electrons. The molecule has 2 amide bonds. The highest BCUT2D eigenvalue weighted by Crippen LogP contribution is 2.25. The Bertz CT molecular complexity index is 298. The molecule has 1 rings (SSSR count). The number of amides is 2. The lowest BCUT2D eigenvalue weighted by Crippen LogP contribution is -2.44. The number of rotatable bonds is 5. The maximum absolute atomic E-state index is 12.1. The molecule has 116 valence electrons. The highest BCUT2D eigenvalue weighted by atomic mass is 16.6. The second-order valence-electron chi connectivity index (χ2n) is 6.25.